The van der Waals surface area contributed by atoms with Gasteiger partial charge in [0.15, 0.2) is 11.5 Å². The lowest BCUT2D eigenvalue weighted by Crippen LogP contribution is -2.09. The van der Waals surface area contributed by atoms with Gasteiger partial charge in [-0.25, -0.2) is 0 Å². The summed E-state index contributed by atoms with van der Waals surface area (Å²) in [6.07, 6.45) is 1.74. The lowest BCUT2D eigenvalue weighted by Gasteiger charge is -2.14. The molecule has 0 saturated heterocycles. The van der Waals surface area contributed by atoms with Crippen molar-refractivity contribution in [3.63, 3.8) is 0 Å². The number of halogens is 1. The van der Waals surface area contributed by atoms with Gasteiger partial charge in [0.2, 0.25) is 0 Å². The van der Waals surface area contributed by atoms with E-state index in [2.05, 4.69) is 5.32 Å². The van der Waals surface area contributed by atoms with E-state index in [1.54, 1.807) is 6.08 Å². The van der Waals surface area contributed by atoms with E-state index in [0.29, 0.717) is 13.2 Å². The zero-order chi connectivity index (χ0) is 12.5. The van der Waals surface area contributed by atoms with Gasteiger partial charge in [-0.15, -0.1) is 0 Å². The molecule has 0 fully saturated rings. The molecule has 0 atom stereocenters. The molecule has 0 aliphatic carbocycles. The smallest absolute Gasteiger partial charge is 0.166 e. The highest BCUT2D eigenvalue weighted by Crippen LogP contribution is 2.31. The van der Waals surface area contributed by atoms with Crippen molar-refractivity contribution < 1.29 is 9.47 Å². The van der Waals surface area contributed by atoms with Crippen molar-refractivity contribution in [2.45, 2.75) is 13.5 Å². The zero-order valence-electron chi connectivity index (χ0n) is 10.2. The first-order chi connectivity index (χ1) is 8.33. The molecule has 4 heteroatoms. The van der Waals surface area contributed by atoms with Gasteiger partial charge >= 0.3 is 0 Å². The normalized spacial score (nSPS) is 10.8. The number of para-hydroxylation sites is 1. The maximum Gasteiger partial charge on any atom is 0.166 e. The molecule has 0 saturated carbocycles. The molecule has 94 valence electrons. The molecule has 0 amide bonds. The molecule has 0 unspecified atom stereocenters. The summed E-state index contributed by atoms with van der Waals surface area (Å²) >= 11 is 5.47. The second-order valence-corrected chi connectivity index (χ2v) is 3.63. The molecule has 17 heavy (non-hydrogen) atoms. The van der Waals surface area contributed by atoms with Crippen LogP contribution in [0.5, 0.6) is 11.5 Å². The second-order valence-electron chi connectivity index (χ2n) is 3.38. The predicted octanol–water partition coefficient (Wildman–Crippen LogP) is 2.94. The second kappa shape index (κ2) is 7.98. The van der Waals surface area contributed by atoms with Crippen LogP contribution in [-0.2, 0) is 6.54 Å². The van der Waals surface area contributed by atoms with Gasteiger partial charge < -0.3 is 14.8 Å². The van der Waals surface area contributed by atoms with E-state index in [-0.39, 0.29) is 0 Å². The number of hydrogen-bond acceptors (Lipinski definition) is 3. The van der Waals surface area contributed by atoms with Crippen molar-refractivity contribution in [1.82, 2.24) is 5.32 Å². The van der Waals surface area contributed by atoms with Gasteiger partial charge in [0.25, 0.3) is 0 Å². The van der Waals surface area contributed by atoms with Gasteiger partial charge in [0, 0.05) is 17.6 Å². The average Bonchev–Trinajstić information content (AvgIpc) is 2.33. The Bertz CT molecular complexity index is 342. The standard InChI is InChI=1S/C13H18ClNO2/c1-3-16-12-7-4-6-11(10-15-2)13(12)17-9-5-8-14/h4-8,15H,3,9-10H2,1-2H3/b8-5+. The number of benzene rings is 1. The molecule has 0 bridgehead atoms. The van der Waals surface area contributed by atoms with E-state index in [1.807, 2.05) is 32.2 Å². The highest BCUT2D eigenvalue weighted by Gasteiger charge is 2.09. The van der Waals surface area contributed by atoms with Crippen LogP contribution < -0.4 is 14.8 Å². The van der Waals surface area contributed by atoms with Gasteiger partial charge in [0.05, 0.1) is 6.61 Å². The van der Waals surface area contributed by atoms with Crippen LogP contribution in [0.2, 0.25) is 0 Å². The zero-order valence-corrected chi connectivity index (χ0v) is 11.0. The Hall–Kier alpha value is -1.19. The largest absolute Gasteiger partial charge is 0.490 e. The summed E-state index contributed by atoms with van der Waals surface area (Å²) in [5, 5.41) is 3.10. The lowest BCUT2D eigenvalue weighted by molar-refractivity contribution is 0.294. The van der Waals surface area contributed by atoms with Crippen LogP contribution in [0.3, 0.4) is 0 Å². The maximum absolute atomic E-state index is 5.68. The summed E-state index contributed by atoms with van der Waals surface area (Å²) < 4.78 is 11.2. The van der Waals surface area contributed by atoms with Gasteiger partial charge in [0.1, 0.15) is 6.61 Å². The van der Waals surface area contributed by atoms with Crippen LogP contribution in [0.4, 0.5) is 0 Å². The summed E-state index contributed by atoms with van der Waals surface area (Å²) in [6, 6.07) is 5.88. The van der Waals surface area contributed by atoms with E-state index in [9.17, 15) is 0 Å². The number of ether oxygens (including phenoxy) is 2. The minimum atomic E-state index is 0.435. The monoisotopic (exact) mass is 255 g/mol. The molecule has 0 aromatic heterocycles. The van der Waals surface area contributed by atoms with Crippen molar-refractivity contribution in [3.8, 4) is 11.5 Å². The number of hydrogen-bond donors (Lipinski definition) is 1. The van der Waals surface area contributed by atoms with E-state index >= 15 is 0 Å². The molecule has 1 rings (SSSR count). The third kappa shape index (κ3) is 4.29. The predicted molar refractivity (Wildman–Crippen MR) is 70.9 cm³/mol. The fourth-order valence-corrected chi connectivity index (χ4v) is 1.56. The first-order valence-corrected chi connectivity index (χ1v) is 6.04. The van der Waals surface area contributed by atoms with Crippen LogP contribution in [0.15, 0.2) is 29.8 Å². The molecule has 0 radical (unpaired) electrons. The minimum absolute atomic E-state index is 0.435. The SMILES string of the molecule is CCOc1cccc(CNC)c1OC/C=C/Cl. The number of nitrogens with one attached hydrogen (secondary N) is 1. The minimum Gasteiger partial charge on any atom is -0.490 e. The van der Waals surface area contributed by atoms with Crippen LogP contribution in [-0.4, -0.2) is 20.3 Å². The first kappa shape index (κ1) is 13.9. The van der Waals surface area contributed by atoms with Gasteiger partial charge in [-0.1, -0.05) is 23.7 Å². The van der Waals surface area contributed by atoms with Gasteiger partial charge in [-0.05, 0) is 26.1 Å². The van der Waals surface area contributed by atoms with E-state index in [0.717, 1.165) is 23.6 Å². The molecule has 3 nitrogen and oxygen atoms in total. The van der Waals surface area contributed by atoms with Crippen LogP contribution in [0.25, 0.3) is 0 Å². The van der Waals surface area contributed by atoms with Crippen molar-refractivity contribution in [3.05, 3.63) is 35.4 Å². The number of rotatable bonds is 7. The topological polar surface area (TPSA) is 30.5 Å². The van der Waals surface area contributed by atoms with Gasteiger partial charge in [-0.3, -0.25) is 0 Å². The Balaban J connectivity index is 2.91. The van der Waals surface area contributed by atoms with Crippen molar-refractivity contribution >= 4 is 11.6 Å². The summed E-state index contributed by atoms with van der Waals surface area (Å²) in [5.41, 5.74) is 2.52. The Morgan fingerprint density at radius 3 is 2.82 bits per heavy atom. The fraction of sp³-hybridized carbons (Fsp3) is 0.385. The molecule has 0 aliphatic rings. The molecule has 1 N–H and O–H groups in total. The summed E-state index contributed by atoms with van der Waals surface area (Å²) in [4.78, 5) is 0. The molecule has 1 aromatic carbocycles. The Morgan fingerprint density at radius 1 is 1.35 bits per heavy atom. The average molecular weight is 256 g/mol. The molecule has 1 aromatic rings. The van der Waals surface area contributed by atoms with Crippen LogP contribution in [0.1, 0.15) is 12.5 Å². The maximum atomic E-state index is 5.68. The summed E-state index contributed by atoms with van der Waals surface area (Å²) in [5.74, 6) is 1.54. The van der Waals surface area contributed by atoms with Crippen molar-refractivity contribution in [2.24, 2.45) is 0 Å². The highest BCUT2D eigenvalue weighted by atomic mass is 35.5. The lowest BCUT2D eigenvalue weighted by atomic mass is 10.2. The Kier molecular flexibility index (Phi) is 6.51. The Labute approximate surface area is 107 Å². The van der Waals surface area contributed by atoms with Crippen molar-refractivity contribution in [1.29, 1.82) is 0 Å². The third-order valence-electron chi connectivity index (χ3n) is 2.14. The highest BCUT2D eigenvalue weighted by molar-refractivity contribution is 6.25. The molecule has 0 aliphatic heterocycles. The quantitative estimate of drug-likeness (QED) is 0.813. The summed E-state index contributed by atoms with van der Waals surface area (Å²) in [6.45, 7) is 3.74. The molecular weight excluding hydrogens is 238 g/mol. The van der Waals surface area contributed by atoms with E-state index < -0.39 is 0 Å². The van der Waals surface area contributed by atoms with E-state index in [1.165, 1.54) is 5.54 Å². The van der Waals surface area contributed by atoms with Gasteiger partial charge in [-0.2, -0.15) is 0 Å². The van der Waals surface area contributed by atoms with Crippen LogP contribution >= 0.6 is 11.6 Å². The third-order valence-corrected chi connectivity index (χ3v) is 2.32. The molecule has 0 heterocycles. The Morgan fingerprint density at radius 2 is 2.18 bits per heavy atom. The molecule has 0 spiro atoms. The fourth-order valence-electron chi connectivity index (χ4n) is 1.49. The first-order valence-electron chi connectivity index (χ1n) is 5.60. The molecular formula is C13H18ClNO2. The van der Waals surface area contributed by atoms with E-state index in [4.69, 9.17) is 21.1 Å². The van der Waals surface area contributed by atoms with Crippen LogP contribution in [0, 0.1) is 0 Å². The summed E-state index contributed by atoms with van der Waals surface area (Å²) in [7, 11) is 1.90. The van der Waals surface area contributed by atoms with Crippen molar-refractivity contribution in [2.75, 3.05) is 20.3 Å².